The average Bonchev–Trinajstić information content (AvgIpc) is 2.88. The molecule has 1 heterocycles. The van der Waals surface area contributed by atoms with Crippen molar-refractivity contribution in [3.8, 4) is 11.1 Å². The van der Waals surface area contributed by atoms with E-state index >= 15 is 0 Å². The van der Waals surface area contributed by atoms with Gasteiger partial charge >= 0.3 is 0 Å². The molecule has 1 aromatic carbocycles. The maximum atomic E-state index is 12.2. The van der Waals surface area contributed by atoms with Crippen molar-refractivity contribution in [2.45, 2.75) is 53.0 Å². The van der Waals surface area contributed by atoms with Gasteiger partial charge in [0.15, 0.2) is 8.46 Å². The molecule has 1 aromatic heterocycles. The average molecular weight is 393 g/mol. The summed E-state index contributed by atoms with van der Waals surface area (Å²) in [5, 5.41) is 0.668. The largest absolute Gasteiger partial charge is 0.366 e. The van der Waals surface area contributed by atoms with E-state index in [0.29, 0.717) is 23.3 Å². The number of carbonyl (C=O) groups excluding carboxylic acids is 1. The highest BCUT2D eigenvalue weighted by Crippen LogP contribution is 2.36. The van der Waals surface area contributed by atoms with Gasteiger partial charge in [-0.25, -0.2) is 0 Å². The number of hydrogen-bond donors (Lipinski definition) is 1. The molecule has 0 atom stereocenters. The molecule has 0 bridgehead atoms. The van der Waals surface area contributed by atoms with E-state index in [2.05, 4.69) is 11.5 Å². The molecule has 2 rings (SSSR count). The Kier molecular flexibility index (Phi) is 7.43. The van der Waals surface area contributed by atoms with E-state index in [1.165, 1.54) is 0 Å². The predicted molar refractivity (Wildman–Crippen MR) is 109 cm³/mol. The van der Waals surface area contributed by atoms with E-state index in [-0.39, 0.29) is 8.46 Å². The SMILES string of the molecule is CCCCCc1c(-c2ccc(C)c(Cl)c2)c(C(N)=O)c(C)n1CCP=O. The number of halogens is 1. The second-order valence-electron chi connectivity index (χ2n) is 6.57. The molecular weight excluding hydrogens is 367 g/mol. The summed E-state index contributed by atoms with van der Waals surface area (Å²) >= 11 is 6.34. The van der Waals surface area contributed by atoms with Crippen LogP contribution in [-0.4, -0.2) is 16.6 Å². The summed E-state index contributed by atoms with van der Waals surface area (Å²) in [6, 6.07) is 5.85. The van der Waals surface area contributed by atoms with Crippen LogP contribution >= 0.6 is 20.1 Å². The van der Waals surface area contributed by atoms with Crippen LogP contribution in [0.25, 0.3) is 11.1 Å². The van der Waals surface area contributed by atoms with Crippen molar-refractivity contribution in [2.24, 2.45) is 5.73 Å². The van der Waals surface area contributed by atoms with E-state index in [1.807, 2.05) is 32.0 Å². The van der Waals surface area contributed by atoms with Crippen LogP contribution in [0.2, 0.25) is 5.02 Å². The number of primary amides is 1. The number of carbonyl (C=O) groups is 1. The van der Waals surface area contributed by atoms with Gasteiger partial charge in [0.25, 0.3) is 5.91 Å². The molecule has 0 unspecified atom stereocenters. The Labute approximate surface area is 161 Å². The van der Waals surface area contributed by atoms with Gasteiger partial charge in [0, 0.05) is 34.7 Å². The van der Waals surface area contributed by atoms with E-state index in [4.69, 9.17) is 17.3 Å². The molecule has 0 saturated carbocycles. The Balaban J connectivity index is 2.69. The molecule has 0 saturated heterocycles. The number of benzene rings is 1. The van der Waals surface area contributed by atoms with Gasteiger partial charge in [-0.3, -0.25) is 9.36 Å². The van der Waals surface area contributed by atoms with Crippen molar-refractivity contribution in [1.82, 2.24) is 4.57 Å². The second kappa shape index (κ2) is 9.34. The molecular formula is C20H26ClN2O2P. The fraction of sp³-hybridized carbons (Fsp3) is 0.450. The molecule has 0 aliphatic heterocycles. The molecule has 140 valence electrons. The minimum atomic E-state index is -0.440. The third kappa shape index (κ3) is 4.36. The number of amides is 1. The zero-order valence-electron chi connectivity index (χ0n) is 15.6. The van der Waals surface area contributed by atoms with E-state index in [1.54, 1.807) is 0 Å². The fourth-order valence-corrected chi connectivity index (χ4v) is 3.87. The first-order valence-corrected chi connectivity index (χ1v) is 10.4. The van der Waals surface area contributed by atoms with Crippen LogP contribution < -0.4 is 5.73 Å². The maximum absolute atomic E-state index is 12.2. The third-order valence-electron chi connectivity index (χ3n) is 4.77. The molecule has 2 aromatic rings. The topological polar surface area (TPSA) is 65.1 Å². The first-order chi connectivity index (χ1) is 12.4. The Morgan fingerprint density at radius 1 is 1.27 bits per heavy atom. The van der Waals surface area contributed by atoms with Crippen molar-refractivity contribution >= 4 is 26.0 Å². The van der Waals surface area contributed by atoms with E-state index in [0.717, 1.165) is 53.8 Å². The fourth-order valence-electron chi connectivity index (χ4n) is 3.40. The van der Waals surface area contributed by atoms with Gasteiger partial charge in [0.1, 0.15) is 0 Å². The number of unbranched alkanes of at least 4 members (excludes halogenated alkanes) is 2. The first kappa shape index (κ1) is 20.7. The summed E-state index contributed by atoms with van der Waals surface area (Å²) in [6.45, 7) is 6.62. The number of nitrogens with zero attached hydrogens (tertiary/aromatic N) is 1. The minimum Gasteiger partial charge on any atom is -0.366 e. The molecule has 4 nitrogen and oxygen atoms in total. The van der Waals surface area contributed by atoms with E-state index < -0.39 is 5.91 Å². The molecule has 26 heavy (non-hydrogen) atoms. The lowest BCUT2D eigenvalue weighted by molar-refractivity contribution is 0.1000. The summed E-state index contributed by atoms with van der Waals surface area (Å²) < 4.78 is 13.1. The molecule has 1 amide bonds. The minimum absolute atomic E-state index is 0.0957. The van der Waals surface area contributed by atoms with Gasteiger partial charge in [0.2, 0.25) is 0 Å². The van der Waals surface area contributed by atoms with Crippen LogP contribution in [0, 0.1) is 13.8 Å². The van der Waals surface area contributed by atoms with Gasteiger partial charge in [-0.15, -0.1) is 0 Å². The van der Waals surface area contributed by atoms with Crippen LogP contribution in [-0.2, 0) is 17.5 Å². The number of nitrogens with two attached hydrogens (primary N) is 1. The summed E-state index contributed by atoms with van der Waals surface area (Å²) in [5.41, 5.74) is 11.0. The second-order valence-corrected chi connectivity index (χ2v) is 7.68. The van der Waals surface area contributed by atoms with Gasteiger partial charge < -0.3 is 10.3 Å². The monoisotopic (exact) mass is 392 g/mol. The van der Waals surface area contributed by atoms with E-state index in [9.17, 15) is 9.36 Å². The Hall–Kier alpha value is -1.64. The standard InChI is InChI=1S/C20H26ClN2O2P/c1-4-5-6-7-17-19(15-9-8-13(2)16(21)12-15)18(20(22)24)14(3)23(17)10-11-26-25/h8-9,12H,4-7,10-11H2,1-3H3,(H2,22,24). The number of rotatable bonds is 9. The zero-order chi connectivity index (χ0) is 19.3. The van der Waals surface area contributed by atoms with Crippen LogP contribution in [0.15, 0.2) is 18.2 Å². The maximum Gasteiger partial charge on any atom is 0.251 e. The summed E-state index contributed by atoms with van der Waals surface area (Å²) in [6.07, 6.45) is 4.61. The summed E-state index contributed by atoms with van der Waals surface area (Å²) in [7, 11) is 0.0957. The molecule has 6 heteroatoms. The molecule has 0 aliphatic carbocycles. The lowest BCUT2D eigenvalue weighted by Gasteiger charge is -2.12. The Morgan fingerprint density at radius 3 is 2.58 bits per heavy atom. The van der Waals surface area contributed by atoms with Crippen molar-refractivity contribution in [2.75, 3.05) is 6.16 Å². The third-order valence-corrected chi connectivity index (χ3v) is 5.56. The summed E-state index contributed by atoms with van der Waals surface area (Å²) in [4.78, 5) is 12.2. The molecule has 0 spiro atoms. The quantitative estimate of drug-likeness (QED) is 0.449. The first-order valence-electron chi connectivity index (χ1n) is 8.99. The molecule has 0 fully saturated rings. The summed E-state index contributed by atoms with van der Waals surface area (Å²) in [5.74, 6) is -0.440. The van der Waals surface area contributed by atoms with Crippen molar-refractivity contribution < 1.29 is 9.36 Å². The van der Waals surface area contributed by atoms with Crippen molar-refractivity contribution in [3.63, 3.8) is 0 Å². The number of aromatic nitrogens is 1. The lowest BCUT2D eigenvalue weighted by atomic mass is 9.96. The normalized spacial score (nSPS) is 11.2. The highest BCUT2D eigenvalue weighted by Gasteiger charge is 2.24. The predicted octanol–water partition coefficient (Wildman–Crippen LogP) is 5.55. The zero-order valence-corrected chi connectivity index (χ0v) is 17.3. The number of hydrogen-bond acceptors (Lipinski definition) is 2. The van der Waals surface area contributed by atoms with Crippen molar-refractivity contribution in [1.29, 1.82) is 0 Å². The van der Waals surface area contributed by atoms with Gasteiger partial charge in [-0.1, -0.05) is 43.5 Å². The van der Waals surface area contributed by atoms with Crippen LogP contribution in [0.4, 0.5) is 0 Å². The van der Waals surface area contributed by atoms with Gasteiger partial charge in [0.05, 0.1) is 5.56 Å². The van der Waals surface area contributed by atoms with Gasteiger partial charge in [-0.2, -0.15) is 0 Å². The van der Waals surface area contributed by atoms with Crippen LogP contribution in [0.5, 0.6) is 0 Å². The molecule has 0 aliphatic rings. The molecule has 2 N–H and O–H groups in total. The highest BCUT2D eigenvalue weighted by atomic mass is 35.5. The highest BCUT2D eigenvalue weighted by molar-refractivity contribution is 7.23. The Morgan fingerprint density at radius 2 is 2.00 bits per heavy atom. The van der Waals surface area contributed by atoms with Crippen LogP contribution in [0.3, 0.4) is 0 Å². The van der Waals surface area contributed by atoms with Crippen molar-refractivity contribution in [3.05, 3.63) is 45.7 Å². The Bertz CT molecular complexity index is 815. The molecule has 0 radical (unpaired) electrons. The smallest absolute Gasteiger partial charge is 0.251 e. The lowest BCUT2D eigenvalue weighted by Crippen LogP contribution is -2.13. The number of aryl methyl sites for hydroxylation is 1. The van der Waals surface area contributed by atoms with Gasteiger partial charge in [-0.05, 0) is 43.9 Å². The van der Waals surface area contributed by atoms with Crippen LogP contribution in [0.1, 0.15) is 53.5 Å².